The smallest absolute Gasteiger partial charge is 0.298 e. The quantitative estimate of drug-likeness (QED) is 0.743. The summed E-state index contributed by atoms with van der Waals surface area (Å²) in [4.78, 5) is 10.7. The van der Waals surface area contributed by atoms with Crippen LogP contribution in [0.25, 0.3) is 11.1 Å². The molecule has 0 amide bonds. The number of aromatic nitrogens is 3. The van der Waals surface area contributed by atoms with E-state index < -0.39 is 0 Å². The van der Waals surface area contributed by atoms with Gasteiger partial charge >= 0.3 is 0 Å². The highest BCUT2D eigenvalue weighted by molar-refractivity contribution is 6.31. The number of hydrogen-bond acceptors (Lipinski definition) is 4. The lowest BCUT2D eigenvalue weighted by molar-refractivity contribution is 0.337. The average molecular weight is 289 g/mol. The standard InChI is InChI=1S/C14H13ClN4O/c15-11-1-2-12-13(5-11)20-14(17-12)19-7-10(8-19)6-18-4-3-16-9-18/h1-5,9-10H,6-8H2. The summed E-state index contributed by atoms with van der Waals surface area (Å²) in [5.74, 6) is 0.614. The Bertz CT molecular complexity index is 731. The molecule has 2 aromatic heterocycles. The molecule has 5 nitrogen and oxygen atoms in total. The number of halogens is 1. The largest absolute Gasteiger partial charge is 0.423 e. The Kier molecular flexibility index (Phi) is 2.67. The van der Waals surface area contributed by atoms with E-state index in [1.807, 2.05) is 24.7 Å². The molecule has 1 fully saturated rings. The molecule has 1 aromatic carbocycles. The first-order valence-corrected chi connectivity index (χ1v) is 6.92. The van der Waals surface area contributed by atoms with Crippen LogP contribution >= 0.6 is 11.6 Å². The van der Waals surface area contributed by atoms with Crippen LogP contribution in [0.3, 0.4) is 0 Å². The number of imidazole rings is 1. The molecule has 0 aliphatic carbocycles. The van der Waals surface area contributed by atoms with E-state index in [2.05, 4.69) is 19.4 Å². The zero-order chi connectivity index (χ0) is 13.5. The third kappa shape index (κ3) is 2.04. The lowest BCUT2D eigenvalue weighted by Gasteiger charge is -2.38. The Morgan fingerprint density at radius 2 is 2.25 bits per heavy atom. The monoisotopic (exact) mass is 288 g/mol. The maximum Gasteiger partial charge on any atom is 0.298 e. The van der Waals surface area contributed by atoms with Gasteiger partial charge in [-0.1, -0.05) is 11.6 Å². The highest BCUT2D eigenvalue weighted by Crippen LogP contribution is 2.29. The number of nitrogens with zero attached hydrogens (tertiary/aromatic N) is 4. The second-order valence-electron chi connectivity index (χ2n) is 5.14. The average Bonchev–Trinajstić information content (AvgIpc) is 3.01. The van der Waals surface area contributed by atoms with Gasteiger partial charge in [0, 0.05) is 49.0 Å². The number of rotatable bonds is 3. The van der Waals surface area contributed by atoms with Gasteiger partial charge < -0.3 is 13.9 Å². The van der Waals surface area contributed by atoms with E-state index in [0.717, 1.165) is 30.7 Å². The van der Waals surface area contributed by atoms with Crippen LogP contribution in [0.4, 0.5) is 6.01 Å². The molecule has 0 spiro atoms. The van der Waals surface area contributed by atoms with Gasteiger partial charge in [-0.25, -0.2) is 4.98 Å². The molecule has 20 heavy (non-hydrogen) atoms. The first-order chi connectivity index (χ1) is 9.78. The molecule has 1 aliphatic heterocycles. The van der Waals surface area contributed by atoms with Gasteiger partial charge in [0.05, 0.1) is 6.33 Å². The van der Waals surface area contributed by atoms with E-state index >= 15 is 0 Å². The fraction of sp³-hybridized carbons (Fsp3) is 0.286. The summed E-state index contributed by atoms with van der Waals surface area (Å²) in [6.07, 6.45) is 5.65. The van der Waals surface area contributed by atoms with Crippen molar-refractivity contribution in [1.82, 2.24) is 14.5 Å². The van der Waals surface area contributed by atoms with E-state index in [1.54, 1.807) is 12.3 Å². The van der Waals surface area contributed by atoms with E-state index in [-0.39, 0.29) is 0 Å². The second-order valence-corrected chi connectivity index (χ2v) is 5.58. The van der Waals surface area contributed by atoms with Gasteiger partial charge in [-0.15, -0.1) is 0 Å². The minimum Gasteiger partial charge on any atom is -0.423 e. The van der Waals surface area contributed by atoms with Crippen LogP contribution in [0.5, 0.6) is 0 Å². The van der Waals surface area contributed by atoms with Crippen LogP contribution in [-0.2, 0) is 6.54 Å². The van der Waals surface area contributed by atoms with Crippen molar-refractivity contribution in [3.8, 4) is 0 Å². The van der Waals surface area contributed by atoms with Gasteiger partial charge in [0.25, 0.3) is 6.01 Å². The van der Waals surface area contributed by atoms with Crippen molar-refractivity contribution in [2.45, 2.75) is 6.54 Å². The van der Waals surface area contributed by atoms with Crippen molar-refractivity contribution >= 4 is 28.7 Å². The third-order valence-corrected chi connectivity index (χ3v) is 3.83. The predicted octanol–water partition coefficient (Wildman–Crippen LogP) is 2.81. The minimum absolute atomic E-state index is 0.614. The fourth-order valence-electron chi connectivity index (χ4n) is 2.56. The SMILES string of the molecule is Clc1ccc2nc(N3CC(Cn4ccnc4)C3)oc2c1. The lowest BCUT2D eigenvalue weighted by Crippen LogP contribution is -2.48. The molecule has 0 N–H and O–H groups in total. The number of anilines is 1. The fourth-order valence-corrected chi connectivity index (χ4v) is 2.72. The molecule has 1 aliphatic rings. The molecular weight excluding hydrogens is 276 g/mol. The summed E-state index contributed by atoms with van der Waals surface area (Å²) < 4.78 is 7.85. The molecule has 0 unspecified atom stereocenters. The Morgan fingerprint density at radius 1 is 1.35 bits per heavy atom. The Hall–Kier alpha value is -2.01. The van der Waals surface area contributed by atoms with Crippen LogP contribution in [0.2, 0.25) is 5.02 Å². The summed E-state index contributed by atoms with van der Waals surface area (Å²) in [7, 11) is 0. The van der Waals surface area contributed by atoms with Gasteiger partial charge in [-0.05, 0) is 12.1 Å². The molecule has 6 heteroatoms. The molecular formula is C14H13ClN4O. The van der Waals surface area contributed by atoms with Gasteiger partial charge in [0.15, 0.2) is 5.58 Å². The van der Waals surface area contributed by atoms with Crippen molar-refractivity contribution < 1.29 is 4.42 Å². The maximum atomic E-state index is 5.95. The molecule has 0 atom stereocenters. The molecule has 3 heterocycles. The van der Waals surface area contributed by atoms with Crippen LogP contribution in [0, 0.1) is 5.92 Å². The van der Waals surface area contributed by atoms with E-state index in [1.165, 1.54) is 0 Å². The number of fused-ring (bicyclic) bond motifs is 1. The number of hydrogen-bond donors (Lipinski definition) is 0. The first kappa shape index (κ1) is 11.8. The predicted molar refractivity (Wildman–Crippen MR) is 76.9 cm³/mol. The van der Waals surface area contributed by atoms with E-state index in [4.69, 9.17) is 16.0 Å². The molecule has 0 saturated carbocycles. The minimum atomic E-state index is 0.614. The van der Waals surface area contributed by atoms with Crippen LogP contribution < -0.4 is 4.90 Å². The molecule has 4 rings (SSSR count). The highest BCUT2D eigenvalue weighted by atomic mass is 35.5. The first-order valence-electron chi connectivity index (χ1n) is 6.55. The topological polar surface area (TPSA) is 47.1 Å². The molecule has 0 bridgehead atoms. The summed E-state index contributed by atoms with van der Waals surface area (Å²) in [5, 5.41) is 0.668. The molecule has 102 valence electrons. The molecule has 0 radical (unpaired) electrons. The van der Waals surface area contributed by atoms with Crippen molar-refractivity contribution in [2.24, 2.45) is 5.92 Å². The van der Waals surface area contributed by atoms with Gasteiger partial charge in [0.1, 0.15) is 5.52 Å². The van der Waals surface area contributed by atoms with Gasteiger partial charge in [0.2, 0.25) is 0 Å². The van der Waals surface area contributed by atoms with Crippen LogP contribution in [0.1, 0.15) is 0 Å². The Labute approximate surface area is 120 Å². The second kappa shape index (κ2) is 4.52. The Balaban J connectivity index is 1.46. The van der Waals surface area contributed by atoms with E-state index in [9.17, 15) is 0 Å². The zero-order valence-corrected chi connectivity index (χ0v) is 11.5. The van der Waals surface area contributed by atoms with Gasteiger partial charge in [-0.3, -0.25) is 0 Å². The highest BCUT2D eigenvalue weighted by Gasteiger charge is 2.30. The number of oxazole rings is 1. The van der Waals surface area contributed by atoms with Crippen molar-refractivity contribution in [1.29, 1.82) is 0 Å². The summed E-state index contributed by atoms with van der Waals surface area (Å²) in [6, 6.07) is 6.20. The number of benzene rings is 1. The summed E-state index contributed by atoms with van der Waals surface area (Å²) in [6.45, 7) is 2.90. The molecule has 3 aromatic rings. The Morgan fingerprint density at radius 3 is 3.05 bits per heavy atom. The maximum absolute atomic E-state index is 5.95. The van der Waals surface area contributed by atoms with E-state index in [0.29, 0.717) is 17.0 Å². The van der Waals surface area contributed by atoms with Crippen molar-refractivity contribution in [3.63, 3.8) is 0 Å². The summed E-state index contributed by atoms with van der Waals surface area (Å²) in [5.41, 5.74) is 1.59. The van der Waals surface area contributed by atoms with Gasteiger partial charge in [-0.2, -0.15) is 4.98 Å². The lowest BCUT2D eigenvalue weighted by atomic mass is 10.0. The van der Waals surface area contributed by atoms with Crippen LogP contribution in [-0.4, -0.2) is 27.6 Å². The van der Waals surface area contributed by atoms with Crippen molar-refractivity contribution in [2.75, 3.05) is 18.0 Å². The zero-order valence-electron chi connectivity index (χ0n) is 10.7. The summed E-state index contributed by atoms with van der Waals surface area (Å²) >= 11 is 5.95. The third-order valence-electron chi connectivity index (χ3n) is 3.60. The normalized spacial score (nSPS) is 15.8. The van der Waals surface area contributed by atoms with Crippen LogP contribution in [0.15, 0.2) is 41.3 Å². The molecule has 1 saturated heterocycles. The van der Waals surface area contributed by atoms with Crippen molar-refractivity contribution in [3.05, 3.63) is 41.9 Å².